The molecule has 1 amide bonds. The number of anilines is 1. The van der Waals surface area contributed by atoms with Gasteiger partial charge < -0.3 is 10.5 Å². The molecule has 0 aliphatic heterocycles. The van der Waals surface area contributed by atoms with Gasteiger partial charge in [-0.15, -0.1) is 10.2 Å². The smallest absolute Gasteiger partial charge is 0.250 e. The lowest BCUT2D eigenvalue weighted by Gasteiger charge is -2.05. The first-order valence-corrected chi connectivity index (χ1v) is 9.74. The minimum atomic E-state index is -0.217. The van der Waals surface area contributed by atoms with E-state index < -0.39 is 0 Å². The number of ether oxygens (including phenoxy) is 1. The molecule has 0 unspecified atom stereocenters. The van der Waals surface area contributed by atoms with Gasteiger partial charge in [0.05, 0.1) is 18.6 Å². The van der Waals surface area contributed by atoms with Crippen molar-refractivity contribution in [2.75, 3.05) is 18.1 Å². The molecule has 1 aromatic carbocycles. The highest BCUT2D eigenvalue weighted by Crippen LogP contribution is 2.22. The van der Waals surface area contributed by atoms with Crippen LogP contribution in [0.1, 0.15) is 31.7 Å². The Kier molecular flexibility index (Phi) is 8.20. The molecule has 3 N–H and O–H groups in total. The minimum absolute atomic E-state index is 0.205. The topological polar surface area (TPSA) is 102 Å². The Balaban J connectivity index is 1.69. The van der Waals surface area contributed by atoms with Crippen LogP contribution in [0, 0.1) is 0 Å². The monoisotopic (exact) mass is 379 g/mol. The molecule has 1 aromatic heterocycles. The van der Waals surface area contributed by atoms with E-state index in [4.69, 9.17) is 10.5 Å². The van der Waals surface area contributed by atoms with Gasteiger partial charge in [0, 0.05) is 0 Å². The Hall–Kier alpha value is -2.13. The maximum Gasteiger partial charge on any atom is 0.250 e. The van der Waals surface area contributed by atoms with Gasteiger partial charge in [-0.3, -0.25) is 4.79 Å². The van der Waals surface area contributed by atoms with E-state index in [1.807, 2.05) is 24.3 Å². The minimum Gasteiger partial charge on any atom is -0.494 e. The summed E-state index contributed by atoms with van der Waals surface area (Å²) < 4.78 is 6.30. The normalized spacial score (nSPS) is 10.9. The van der Waals surface area contributed by atoms with Crippen molar-refractivity contribution < 1.29 is 9.53 Å². The molecule has 25 heavy (non-hydrogen) atoms. The van der Waals surface area contributed by atoms with Gasteiger partial charge in [-0.1, -0.05) is 42.9 Å². The third-order valence-corrected chi connectivity index (χ3v) is 4.93. The van der Waals surface area contributed by atoms with E-state index in [2.05, 4.69) is 27.6 Å². The largest absolute Gasteiger partial charge is 0.494 e. The van der Waals surface area contributed by atoms with Crippen LogP contribution in [0.3, 0.4) is 0 Å². The molecule has 0 saturated heterocycles. The molecule has 0 saturated carbocycles. The van der Waals surface area contributed by atoms with Gasteiger partial charge >= 0.3 is 0 Å². The molecule has 1 heterocycles. The van der Waals surface area contributed by atoms with Crippen molar-refractivity contribution in [1.82, 2.24) is 15.6 Å². The number of amides is 1. The highest BCUT2D eigenvalue weighted by Gasteiger charge is 2.05. The second kappa shape index (κ2) is 10.7. The molecule has 0 atom stereocenters. The van der Waals surface area contributed by atoms with Gasteiger partial charge in [-0.25, -0.2) is 5.43 Å². The summed E-state index contributed by atoms with van der Waals surface area (Å²) in [5.41, 5.74) is 8.83. The maximum absolute atomic E-state index is 11.7. The summed E-state index contributed by atoms with van der Waals surface area (Å²) in [6.07, 6.45) is 5.01. The fourth-order valence-corrected chi connectivity index (χ4v) is 3.24. The van der Waals surface area contributed by atoms with E-state index in [-0.39, 0.29) is 11.7 Å². The van der Waals surface area contributed by atoms with Gasteiger partial charge in [-0.05, 0) is 36.2 Å². The van der Waals surface area contributed by atoms with E-state index in [0.29, 0.717) is 9.47 Å². The van der Waals surface area contributed by atoms with E-state index in [1.165, 1.54) is 35.9 Å². The second-order valence-electron chi connectivity index (χ2n) is 5.11. The molecule has 0 spiro atoms. The van der Waals surface area contributed by atoms with Crippen molar-refractivity contribution in [2.45, 2.75) is 30.5 Å². The average molecular weight is 380 g/mol. The average Bonchev–Trinajstić information content (AvgIpc) is 3.04. The number of nitrogens with one attached hydrogen (secondary N) is 1. The Morgan fingerprint density at radius 2 is 2.16 bits per heavy atom. The molecule has 7 nitrogen and oxygen atoms in total. The molecule has 2 aromatic rings. The van der Waals surface area contributed by atoms with Crippen LogP contribution in [0.15, 0.2) is 33.7 Å². The van der Waals surface area contributed by atoms with E-state index in [9.17, 15) is 4.79 Å². The van der Waals surface area contributed by atoms with E-state index in [0.717, 1.165) is 24.3 Å². The highest BCUT2D eigenvalue weighted by atomic mass is 32.2. The van der Waals surface area contributed by atoms with Gasteiger partial charge in [0.1, 0.15) is 5.75 Å². The number of hydrazone groups is 1. The van der Waals surface area contributed by atoms with Crippen molar-refractivity contribution in [3.63, 3.8) is 0 Å². The molecule has 0 aliphatic carbocycles. The summed E-state index contributed by atoms with van der Waals surface area (Å²) in [5.74, 6) is 0.826. The Labute approximate surface area is 155 Å². The van der Waals surface area contributed by atoms with Crippen LogP contribution in [0.5, 0.6) is 5.75 Å². The van der Waals surface area contributed by atoms with Crippen LogP contribution in [-0.2, 0) is 4.79 Å². The number of hydrogen-bond acceptors (Lipinski definition) is 8. The Bertz CT molecular complexity index is 688. The summed E-state index contributed by atoms with van der Waals surface area (Å²) in [7, 11) is 0. The van der Waals surface area contributed by atoms with Gasteiger partial charge in [0.2, 0.25) is 5.13 Å². The number of nitrogens with two attached hydrogens (primary N) is 1. The van der Waals surface area contributed by atoms with Gasteiger partial charge in [0.15, 0.2) is 4.34 Å². The number of thioether (sulfide) groups is 1. The molecular weight excluding hydrogens is 358 g/mol. The van der Waals surface area contributed by atoms with Crippen LogP contribution in [0.25, 0.3) is 0 Å². The lowest BCUT2D eigenvalue weighted by molar-refractivity contribution is -0.118. The summed E-state index contributed by atoms with van der Waals surface area (Å²) in [5, 5.41) is 11.8. The van der Waals surface area contributed by atoms with Crippen molar-refractivity contribution >= 4 is 40.4 Å². The first-order chi connectivity index (χ1) is 12.2. The Morgan fingerprint density at radius 3 is 2.84 bits per heavy atom. The molecule has 0 bridgehead atoms. The number of rotatable bonds is 10. The SMILES string of the molecule is CCCCCOc1ccc(C=NNC(=O)CSc2nnc(N)s2)cc1. The van der Waals surface area contributed by atoms with Crippen molar-refractivity contribution in [1.29, 1.82) is 0 Å². The van der Waals surface area contributed by atoms with Crippen molar-refractivity contribution in [3.8, 4) is 5.75 Å². The predicted molar refractivity (Wildman–Crippen MR) is 102 cm³/mol. The number of aromatic nitrogens is 2. The van der Waals surface area contributed by atoms with Crippen LogP contribution in [0.2, 0.25) is 0 Å². The predicted octanol–water partition coefficient (Wildman–Crippen LogP) is 2.93. The molecular formula is C16H21N5O2S2. The maximum atomic E-state index is 11.7. The number of hydrogen-bond donors (Lipinski definition) is 2. The number of nitrogens with zero attached hydrogens (tertiary/aromatic N) is 3. The fourth-order valence-electron chi connectivity index (χ4n) is 1.81. The van der Waals surface area contributed by atoms with Gasteiger partial charge in [-0.2, -0.15) is 5.10 Å². The zero-order valence-corrected chi connectivity index (χ0v) is 15.6. The van der Waals surface area contributed by atoms with E-state index >= 15 is 0 Å². The quantitative estimate of drug-likeness (QED) is 0.285. The number of carbonyl (C=O) groups excluding carboxylic acids is 1. The number of nitrogen functional groups attached to an aromatic ring is 1. The fraction of sp³-hybridized carbons (Fsp3) is 0.375. The van der Waals surface area contributed by atoms with Crippen LogP contribution in [-0.4, -0.2) is 34.7 Å². The molecule has 0 radical (unpaired) electrons. The highest BCUT2D eigenvalue weighted by molar-refractivity contribution is 8.01. The molecule has 0 aliphatic rings. The lowest BCUT2D eigenvalue weighted by Crippen LogP contribution is -2.19. The zero-order chi connectivity index (χ0) is 17.9. The molecule has 2 rings (SSSR count). The van der Waals surface area contributed by atoms with Crippen molar-refractivity contribution in [2.24, 2.45) is 5.10 Å². The number of benzene rings is 1. The van der Waals surface area contributed by atoms with E-state index in [1.54, 1.807) is 6.21 Å². The van der Waals surface area contributed by atoms with Crippen LogP contribution >= 0.6 is 23.1 Å². The first kappa shape index (κ1) is 19.2. The molecule has 9 heteroatoms. The molecule has 0 fully saturated rings. The standard InChI is InChI=1S/C16H21N5O2S2/c1-2-3-4-9-23-13-7-5-12(6-8-13)10-18-19-14(22)11-24-16-21-20-15(17)25-16/h5-8,10H,2-4,9,11H2,1H3,(H2,17,20)(H,19,22). The summed E-state index contributed by atoms with van der Waals surface area (Å²) in [6, 6.07) is 7.57. The number of unbranched alkanes of at least 4 members (excludes halogenated alkanes) is 2. The lowest BCUT2D eigenvalue weighted by atomic mass is 10.2. The Morgan fingerprint density at radius 1 is 1.36 bits per heavy atom. The third-order valence-electron chi connectivity index (χ3n) is 3.05. The summed E-state index contributed by atoms with van der Waals surface area (Å²) in [6.45, 7) is 2.90. The molecule has 134 valence electrons. The summed E-state index contributed by atoms with van der Waals surface area (Å²) in [4.78, 5) is 11.7. The third kappa shape index (κ3) is 7.53. The van der Waals surface area contributed by atoms with Crippen molar-refractivity contribution in [3.05, 3.63) is 29.8 Å². The first-order valence-electron chi connectivity index (χ1n) is 7.94. The zero-order valence-electron chi connectivity index (χ0n) is 14.0. The number of carbonyl (C=O) groups is 1. The van der Waals surface area contributed by atoms with Crippen LogP contribution in [0.4, 0.5) is 5.13 Å². The summed E-state index contributed by atoms with van der Waals surface area (Å²) >= 11 is 2.52. The second-order valence-corrected chi connectivity index (χ2v) is 7.34. The van der Waals surface area contributed by atoms with Gasteiger partial charge in [0.25, 0.3) is 5.91 Å². The van der Waals surface area contributed by atoms with Crippen LogP contribution < -0.4 is 15.9 Å².